The lowest BCUT2D eigenvalue weighted by Crippen LogP contribution is -2.21. The monoisotopic (exact) mass is 410 g/mol. The molecule has 146 valence electrons. The Morgan fingerprint density at radius 2 is 1.96 bits per heavy atom. The van der Waals surface area contributed by atoms with Crippen LogP contribution in [0.2, 0.25) is 5.02 Å². The van der Waals surface area contributed by atoms with Crippen LogP contribution in [0.25, 0.3) is 0 Å². The summed E-state index contributed by atoms with van der Waals surface area (Å²) in [7, 11) is 1.22. The highest BCUT2D eigenvalue weighted by Gasteiger charge is 2.16. The maximum Gasteiger partial charge on any atom is 0.387 e. The zero-order valence-electron chi connectivity index (χ0n) is 14.4. The fraction of sp³-hybridized carbons (Fsp3) is 0.167. The summed E-state index contributed by atoms with van der Waals surface area (Å²) in [4.78, 5) is 24.0. The number of nitriles is 1. The fourth-order valence-electron chi connectivity index (χ4n) is 2.11. The van der Waals surface area contributed by atoms with E-state index in [4.69, 9.17) is 26.3 Å². The molecule has 2 aromatic carbocycles. The number of anilines is 1. The van der Waals surface area contributed by atoms with Gasteiger partial charge in [0, 0.05) is 5.02 Å². The number of ether oxygens (including phenoxy) is 3. The third kappa shape index (κ3) is 5.56. The average molecular weight is 411 g/mol. The van der Waals surface area contributed by atoms with Gasteiger partial charge in [0.25, 0.3) is 5.91 Å². The minimum absolute atomic E-state index is 0.0354. The first kappa shape index (κ1) is 20.9. The van der Waals surface area contributed by atoms with Gasteiger partial charge in [-0.1, -0.05) is 11.6 Å². The SMILES string of the molecule is COc1cc(C(=O)OCC(=O)Nc2cc(Cl)ccc2C#N)ccc1OC(F)F. The number of halogens is 3. The summed E-state index contributed by atoms with van der Waals surface area (Å²) in [5.74, 6) is -1.94. The third-order valence-electron chi connectivity index (χ3n) is 3.33. The number of amides is 1. The highest BCUT2D eigenvalue weighted by molar-refractivity contribution is 6.31. The largest absolute Gasteiger partial charge is 0.493 e. The van der Waals surface area contributed by atoms with E-state index in [0.29, 0.717) is 5.02 Å². The number of alkyl halides is 2. The van der Waals surface area contributed by atoms with Crippen LogP contribution >= 0.6 is 11.6 Å². The molecule has 0 atom stereocenters. The van der Waals surface area contributed by atoms with Crippen LogP contribution in [0.15, 0.2) is 36.4 Å². The van der Waals surface area contributed by atoms with Crippen molar-refractivity contribution in [1.29, 1.82) is 5.26 Å². The Bertz CT molecular complexity index is 931. The second-order valence-electron chi connectivity index (χ2n) is 5.17. The number of esters is 1. The van der Waals surface area contributed by atoms with E-state index in [0.717, 1.165) is 12.1 Å². The summed E-state index contributed by atoms with van der Waals surface area (Å²) < 4.78 is 38.7. The maximum atomic E-state index is 12.3. The molecule has 10 heteroatoms. The van der Waals surface area contributed by atoms with Gasteiger partial charge in [-0.05, 0) is 36.4 Å². The number of hydrogen-bond donors (Lipinski definition) is 1. The molecule has 0 aliphatic heterocycles. The summed E-state index contributed by atoms with van der Waals surface area (Å²) >= 11 is 5.82. The molecule has 1 N–H and O–H groups in total. The minimum atomic E-state index is -3.06. The lowest BCUT2D eigenvalue weighted by molar-refractivity contribution is -0.119. The van der Waals surface area contributed by atoms with Gasteiger partial charge in [-0.25, -0.2) is 4.79 Å². The van der Waals surface area contributed by atoms with E-state index in [2.05, 4.69) is 10.1 Å². The summed E-state index contributed by atoms with van der Waals surface area (Å²) in [5, 5.41) is 11.7. The average Bonchev–Trinajstić information content (AvgIpc) is 2.66. The molecule has 0 radical (unpaired) electrons. The molecule has 0 saturated carbocycles. The standard InChI is InChI=1S/C18H13ClF2N2O5/c1-26-15-6-10(3-5-14(15)28-18(20)21)17(25)27-9-16(24)23-13-7-12(19)4-2-11(13)8-22/h2-7,18H,9H2,1H3,(H,23,24). The molecule has 0 fully saturated rings. The van der Waals surface area contributed by atoms with E-state index in [-0.39, 0.29) is 28.3 Å². The molecule has 0 aliphatic rings. The smallest absolute Gasteiger partial charge is 0.387 e. The van der Waals surface area contributed by atoms with Crippen molar-refractivity contribution >= 4 is 29.2 Å². The van der Waals surface area contributed by atoms with Gasteiger partial charge in [0.2, 0.25) is 0 Å². The van der Waals surface area contributed by atoms with Crippen LogP contribution in [0.3, 0.4) is 0 Å². The molecule has 2 rings (SSSR count). The van der Waals surface area contributed by atoms with E-state index in [9.17, 15) is 18.4 Å². The van der Waals surface area contributed by atoms with Crippen molar-refractivity contribution in [2.45, 2.75) is 6.61 Å². The predicted molar refractivity (Wildman–Crippen MR) is 94.7 cm³/mol. The van der Waals surface area contributed by atoms with Crippen LogP contribution < -0.4 is 14.8 Å². The maximum absolute atomic E-state index is 12.3. The summed E-state index contributed by atoms with van der Waals surface area (Å²) in [6, 6.07) is 9.64. The molecule has 0 saturated heterocycles. The van der Waals surface area contributed by atoms with E-state index >= 15 is 0 Å². The first-order chi connectivity index (χ1) is 13.3. The van der Waals surface area contributed by atoms with Crippen molar-refractivity contribution in [2.75, 3.05) is 19.0 Å². The molecule has 0 bridgehead atoms. The third-order valence-corrected chi connectivity index (χ3v) is 3.56. The topological polar surface area (TPSA) is 97.6 Å². The Labute approximate surface area is 163 Å². The molecule has 2 aromatic rings. The minimum Gasteiger partial charge on any atom is -0.493 e. The number of methoxy groups -OCH3 is 1. The summed E-state index contributed by atoms with van der Waals surface area (Å²) in [6.07, 6.45) is 0. The van der Waals surface area contributed by atoms with Gasteiger partial charge in [0.05, 0.1) is 23.9 Å². The first-order valence-electron chi connectivity index (χ1n) is 7.63. The van der Waals surface area contributed by atoms with E-state index in [1.54, 1.807) is 0 Å². The number of carbonyl (C=O) groups is 2. The molecule has 0 aromatic heterocycles. The van der Waals surface area contributed by atoms with Crippen LogP contribution in [0.5, 0.6) is 11.5 Å². The Morgan fingerprint density at radius 3 is 2.61 bits per heavy atom. The molecule has 0 spiro atoms. The molecule has 0 heterocycles. The quantitative estimate of drug-likeness (QED) is 0.700. The summed E-state index contributed by atoms with van der Waals surface area (Å²) in [6.45, 7) is -3.70. The molecule has 1 amide bonds. The Kier molecular flexibility index (Phi) is 7.12. The first-order valence-corrected chi connectivity index (χ1v) is 8.01. The fourth-order valence-corrected chi connectivity index (χ4v) is 2.28. The van der Waals surface area contributed by atoms with Gasteiger partial charge >= 0.3 is 12.6 Å². The highest BCUT2D eigenvalue weighted by atomic mass is 35.5. The Hall–Kier alpha value is -3.38. The Balaban J connectivity index is 2.01. The van der Waals surface area contributed by atoms with Crippen LogP contribution in [-0.4, -0.2) is 32.2 Å². The lowest BCUT2D eigenvalue weighted by atomic mass is 10.2. The van der Waals surface area contributed by atoms with Gasteiger partial charge in [-0.3, -0.25) is 4.79 Å². The van der Waals surface area contributed by atoms with Gasteiger partial charge in [0.1, 0.15) is 6.07 Å². The van der Waals surface area contributed by atoms with Crippen molar-refractivity contribution < 1.29 is 32.6 Å². The number of carbonyl (C=O) groups excluding carboxylic acids is 2. The zero-order valence-corrected chi connectivity index (χ0v) is 15.1. The van der Waals surface area contributed by atoms with Gasteiger partial charge in [0.15, 0.2) is 18.1 Å². The van der Waals surface area contributed by atoms with Crippen molar-refractivity contribution in [1.82, 2.24) is 0 Å². The molecular formula is C18H13ClF2N2O5. The number of rotatable bonds is 7. The van der Waals surface area contributed by atoms with Crippen molar-refractivity contribution in [3.05, 3.63) is 52.5 Å². The van der Waals surface area contributed by atoms with Gasteiger partial charge < -0.3 is 19.5 Å². The van der Waals surface area contributed by atoms with Gasteiger partial charge in [-0.15, -0.1) is 0 Å². The second kappa shape index (κ2) is 9.53. The van der Waals surface area contributed by atoms with Crippen molar-refractivity contribution in [2.24, 2.45) is 0 Å². The molecular weight excluding hydrogens is 398 g/mol. The highest BCUT2D eigenvalue weighted by Crippen LogP contribution is 2.29. The summed E-state index contributed by atoms with van der Waals surface area (Å²) in [5.41, 5.74) is 0.321. The molecule has 0 aliphatic carbocycles. The number of nitrogens with zero attached hydrogens (tertiary/aromatic N) is 1. The van der Waals surface area contributed by atoms with Crippen LogP contribution in [0.4, 0.5) is 14.5 Å². The number of benzene rings is 2. The van der Waals surface area contributed by atoms with E-state index in [1.807, 2.05) is 6.07 Å². The molecule has 7 nitrogen and oxygen atoms in total. The van der Waals surface area contributed by atoms with E-state index in [1.165, 1.54) is 31.4 Å². The normalized spacial score (nSPS) is 10.1. The van der Waals surface area contributed by atoms with Crippen LogP contribution in [-0.2, 0) is 9.53 Å². The van der Waals surface area contributed by atoms with Crippen LogP contribution in [0.1, 0.15) is 15.9 Å². The number of nitrogens with one attached hydrogen (secondary N) is 1. The van der Waals surface area contributed by atoms with E-state index < -0.39 is 25.1 Å². The number of hydrogen-bond acceptors (Lipinski definition) is 6. The van der Waals surface area contributed by atoms with Crippen molar-refractivity contribution in [3.63, 3.8) is 0 Å². The van der Waals surface area contributed by atoms with Crippen LogP contribution in [0, 0.1) is 11.3 Å². The molecule has 0 unspecified atom stereocenters. The molecule has 28 heavy (non-hydrogen) atoms. The van der Waals surface area contributed by atoms with Gasteiger partial charge in [-0.2, -0.15) is 14.0 Å². The zero-order chi connectivity index (χ0) is 20.7. The Morgan fingerprint density at radius 1 is 1.21 bits per heavy atom. The predicted octanol–water partition coefficient (Wildman–Crippen LogP) is 3.62. The second-order valence-corrected chi connectivity index (χ2v) is 5.61. The lowest BCUT2D eigenvalue weighted by Gasteiger charge is -2.11. The van der Waals surface area contributed by atoms with Crippen molar-refractivity contribution in [3.8, 4) is 17.6 Å².